The zero-order valence-electron chi connectivity index (χ0n) is 29.8. The van der Waals surface area contributed by atoms with Crippen molar-refractivity contribution in [2.24, 2.45) is 70.5 Å². The predicted molar refractivity (Wildman–Crippen MR) is 173 cm³/mol. The summed E-state index contributed by atoms with van der Waals surface area (Å²) in [4.78, 5) is 61.6. The van der Waals surface area contributed by atoms with Crippen LogP contribution in [0.4, 0.5) is 0 Å². The van der Waals surface area contributed by atoms with Crippen molar-refractivity contribution in [3.63, 3.8) is 0 Å². The maximum Gasteiger partial charge on any atom is 0.309 e. The first-order valence-corrected chi connectivity index (χ1v) is 18.5. The maximum absolute atomic E-state index is 13.8. The van der Waals surface area contributed by atoms with Gasteiger partial charge in [0.25, 0.3) is 0 Å². The van der Waals surface area contributed by atoms with E-state index in [1.165, 1.54) is 26.2 Å². The molecule has 0 radical (unpaired) electrons. The van der Waals surface area contributed by atoms with Crippen LogP contribution in [-0.4, -0.2) is 58.9 Å². The van der Waals surface area contributed by atoms with Gasteiger partial charge in [0, 0.05) is 18.8 Å². The molecule has 0 spiro atoms. The summed E-state index contributed by atoms with van der Waals surface area (Å²) in [6, 6.07) is 0. The topological polar surface area (TPSA) is 143 Å². The summed E-state index contributed by atoms with van der Waals surface area (Å²) in [6.07, 6.45) is 7.62. The van der Waals surface area contributed by atoms with Gasteiger partial charge in [0.1, 0.15) is 23.9 Å². The number of rotatable bonds is 10. The Hall–Kier alpha value is -2.65. The van der Waals surface area contributed by atoms with Crippen molar-refractivity contribution < 1.29 is 48.0 Å². The molecule has 7 fully saturated rings. The number of ether oxygens (including phenoxy) is 4. The van der Waals surface area contributed by atoms with Crippen LogP contribution in [0.2, 0.25) is 0 Å². The van der Waals surface area contributed by atoms with Crippen LogP contribution in [0.5, 0.6) is 0 Å². The number of hydrogen-bond donors (Lipinski definition) is 1. The van der Waals surface area contributed by atoms with Gasteiger partial charge in [0.05, 0.1) is 23.2 Å². The molecule has 1 saturated heterocycles. The second-order valence-electron chi connectivity index (χ2n) is 17.8. The Morgan fingerprint density at radius 1 is 0.833 bits per heavy atom. The number of esters is 4. The minimum Gasteiger partial charge on any atom is -0.481 e. The van der Waals surface area contributed by atoms with Crippen LogP contribution in [0, 0.1) is 70.5 Å². The zero-order valence-corrected chi connectivity index (χ0v) is 29.8. The van der Waals surface area contributed by atoms with E-state index in [4.69, 9.17) is 18.9 Å². The van der Waals surface area contributed by atoms with Crippen molar-refractivity contribution >= 4 is 29.8 Å². The first-order chi connectivity index (χ1) is 22.5. The Balaban J connectivity index is 0.000000449. The van der Waals surface area contributed by atoms with Gasteiger partial charge < -0.3 is 24.1 Å². The minimum atomic E-state index is -1.13. The molecule has 0 amide bonds. The Labute approximate surface area is 284 Å². The molecule has 7 rings (SSSR count). The monoisotopic (exact) mass is 672 g/mol. The van der Waals surface area contributed by atoms with Gasteiger partial charge in [-0.2, -0.15) is 0 Å². The van der Waals surface area contributed by atoms with E-state index in [1.54, 1.807) is 13.8 Å². The highest BCUT2D eigenvalue weighted by molar-refractivity contribution is 5.79. The lowest BCUT2D eigenvalue weighted by atomic mass is 9.70. The molecule has 48 heavy (non-hydrogen) atoms. The molecule has 1 N–H and O–H groups in total. The molecule has 268 valence electrons. The van der Waals surface area contributed by atoms with Crippen molar-refractivity contribution in [1.29, 1.82) is 0 Å². The second kappa shape index (κ2) is 12.9. The SMILES string of the molecule is CC(=O)OC(C)(C)C.CCC(CC(CC(C)(C)C(=O)O)C(=O)OC1CC2CC1C1C3CCC(C3)C21)C(=O)OC1C2CC3C(=O)OC1C3C2. The molecule has 0 aromatic carbocycles. The first kappa shape index (κ1) is 35.2. The van der Waals surface area contributed by atoms with E-state index < -0.39 is 29.3 Å². The molecule has 6 aliphatic carbocycles. The van der Waals surface area contributed by atoms with Gasteiger partial charge in [0.2, 0.25) is 0 Å². The molecule has 1 heterocycles. The molecule has 10 nitrogen and oxygen atoms in total. The fraction of sp³-hybridized carbons (Fsp3) is 0.868. The van der Waals surface area contributed by atoms with Crippen molar-refractivity contribution in [2.75, 3.05) is 0 Å². The van der Waals surface area contributed by atoms with E-state index in [9.17, 15) is 29.1 Å². The van der Waals surface area contributed by atoms with Crippen LogP contribution >= 0.6 is 0 Å². The number of hydrogen-bond acceptors (Lipinski definition) is 9. The van der Waals surface area contributed by atoms with Crippen LogP contribution in [0.15, 0.2) is 0 Å². The van der Waals surface area contributed by atoms with Crippen molar-refractivity contribution in [3.8, 4) is 0 Å². The van der Waals surface area contributed by atoms with Gasteiger partial charge in [-0.1, -0.05) is 6.92 Å². The summed E-state index contributed by atoms with van der Waals surface area (Å²) in [5.41, 5.74) is -1.46. The number of fused-ring (bicyclic) bond motifs is 10. The second-order valence-corrected chi connectivity index (χ2v) is 17.8. The van der Waals surface area contributed by atoms with Gasteiger partial charge >= 0.3 is 29.8 Å². The highest BCUT2D eigenvalue weighted by atomic mass is 16.6. The number of carbonyl (C=O) groups excluding carboxylic acids is 4. The molecule has 0 aromatic heterocycles. The third-order valence-corrected chi connectivity index (χ3v) is 13.1. The third kappa shape index (κ3) is 6.62. The molecule has 6 saturated carbocycles. The summed E-state index contributed by atoms with van der Waals surface area (Å²) < 4.78 is 22.6. The van der Waals surface area contributed by atoms with Gasteiger partial charge in [-0.05, 0) is 134 Å². The lowest BCUT2D eigenvalue weighted by Gasteiger charge is -2.39. The maximum atomic E-state index is 13.8. The number of carboxylic acids is 1. The van der Waals surface area contributed by atoms with Gasteiger partial charge in [-0.3, -0.25) is 24.0 Å². The lowest BCUT2D eigenvalue weighted by Crippen LogP contribution is -2.40. The van der Waals surface area contributed by atoms with Crippen molar-refractivity contribution in [2.45, 2.75) is 137 Å². The van der Waals surface area contributed by atoms with Crippen LogP contribution in [0.1, 0.15) is 113 Å². The van der Waals surface area contributed by atoms with Crippen molar-refractivity contribution in [3.05, 3.63) is 0 Å². The van der Waals surface area contributed by atoms with Crippen LogP contribution < -0.4 is 0 Å². The number of carboxylic acid groups (broad SMARTS) is 1. The Kier molecular flexibility index (Phi) is 9.46. The molecule has 6 bridgehead atoms. The molecule has 14 atom stereocenters. The summed E-state index contributed by atoms with van der Waals surface area (Å²) in [6.45, 7) is 12.1. The van der Waals surface area contributed by atoms with Crippen LogP contribution in [-0.2, 0) is 42.9 Å². The average Bonchev–Trinajstić information content (AvgIpc) is 3.83. The fourth-order valence-electron chi connectivity index (χ4n) is 11.4. The third-order valence-electron chi connectivity index (χ3n) is 13.1. The van der Waals surface area contributed by atoms with Gasteiger partial charge in [-0.15, -0.1) is 0 Å². The average molecular weight is 673 g/mol. The molecule has 14 unspecified atom stereocenters. The molecule has 0 aromatic rings. The van der Waals surface area contributed by atoms with Crippen molar-refractivity contribution in [1.82, 2.24) is 0 Å². The van der Waals surface area contributed by atoms with Crippen LogP contribution in [0.3, 0.4) is 0 Å². The van der Waals surface area contributed by atoms with E-state index in [-0.39, 0.29) is 72.3 Å². The van der Waals surface area contributed by atoms with Gasteiger partial charge in [0.15, 0.2) is 0 Å². The zero-order chi connectivity index (χ0) is 34.9. The standard InChI is InChI=1S/C32H44O8.C6H12O2/c1-4-14(28(33)39-26-18-10-20-21(11-18)30(35)40-27(20)26)7-19(13-32(2,3)31(36)37)29(34)38-23-12-17-9-22(23)25-16-6-5-15(8-16)24(17)25;1-5(7)8-6(2,3)4/h14-27H,4-13H2,1-3H3,(H,36,37);1-4H3. The van der Waals surface area contributed by atoms with E-state index in [2.05, 4.69) is 0 Å². The first-order valence-electron chi connectivity index (χ1n) is 18.5. The Morgan fingerprint density at radius 3 is 2.08 bits per heavy atom. The fourth-order valence-corrected chi connectivity index (χ4v) is 11.4. The summed E-state index contributed by atoms with van der Waals surface area (Å²) >= 11 is 0. The molecule has 7 aliphatic rings. The highest BCUT2D eigenvalue weighted by Crippen LogP contribution is 2.68. The summed E-state index contributed by atoms with van der Waals surface area (Å²) in [5.74, 6) is 1.14. The van der Waals surface area contributed by atoms with E-state index in [1.807, 2.05) is 27.7 Å². The summed E-state index contributed by atoms with van der Waals surface area (Å²) in [7, 11) is 0. The Bertz CT molecular complexity index is 1300. The normalized spacial score (nSPS) is 39.3. The quantitative estimate of drug-likeness (QED) is 0.167. The molecular weight excluding hydrogens is 616 g/mol. The number of aliphatic carboxylic acids is 1. The van der Waals surface area contributed by atoms with E-state index in [0.29, 0.717) is 30.6 Å². The van der Waals surface area contributed by atoms with Crippen LogP contribution in [0.25, 0.3) is 0 Å². The smallest absolute Gasteiger partial charge is 0.309 e. The molecule has 1 aliphatic heterocycles. The minimum absolute atomic E-state index is 0.0510. The van der Waals surface area contributed by atoms with Gasteiger partial charge in [-0.25, -0.2) is 0 Å². The Morgan fingerprint density at radius 2 is 1.48 bits per heavy atom. The highest BCUT2D eigenvalue weighted by Gasteiger charge is 2.64. The predicted octanol–water partition coefficient (Wildman–Crippen LogP) is 5.97. The molecule has 10 heteroatoms. The summed E-state index contributed by atoms with van der Waals surface area (Å²) in [5, 5.41) is 9.85. The largest absolute Gasteiger partial charge is 0.481 e. The van der Waals surface area contributed by atoms with E-state index >= 15 is 0 Å². The van der Waals surface area contributed by atoms with E-state index in [0.717, 1.165) is 37.0 Å². The molecular formula is C38H56O10. The number of carbonyl (C=O) groups is 5. The lowest BCUT2D eigenvalue weighted by molar-refractivity contribution is -0.169.